The van der Waals surface area contributed by atoms with E-state index < -0.39 is 9.84 Å². The van der Waals surface area contributed by atoms with Gasteiger partial charge < -0.3 is 15.4 Å². The van der Waals surface area contributed by atoms with Gasteiger partial charge >= 0.3 is 0 Å². The van der Waals surface area contributed by atoms with Crippen LogP contribution in [0, 0.1) is 0 Å². The van der Waals surface area contributed by atoms with E-state index in [9.17, 15) is 8.42 Å². The molecule has 0 unspecified atom stereocenters. The standard InChI is InChI=1S/C20H29N3O3S2.HI/c1-4-28(24,25)15-13-22-20(21-12-11-19-6-5-14-27-19)23-17-7-9-18(10-8-17)26-16(2)3;/h5-10,14,16H,4,11-13,15H2,1-3H3,(H2,21,22,23);1H. The third-order valence-electron chi connectivity index (χ3n) is 3.84. The van der Waals surface area contributed by atoms with Crippen molar-refractivity contribution >= 4 is 56.8 Å². The first-order chi connectivity index (χ1) is 13.4. The molecule has 2 aromatic rings. The highest BCUT2D eigenvalue weighted by atomic mass is 127. The zero-order chi connectivity index (χ0) is 20.4. The molecule has 1 aromatic carbocycles. The van der Waals surface area contributed by atoms with Crippen LogP contribution in [0.25, 0.3) is 0 Å². The second-order valence-electron chi connectivity index (χ2n) is 6.54. The number of anilines is 1. The van der Waals surface area contributed by atoms with Crippen LogP contribution in [0.5, 0.6) is 5.75 Å². The average molecular weight is 552 g/mol. The van der Waals surface area contributed by atoms with Crippen molar-refractivity contribution in [1.82, 2.24) is 5.32 Å². The van der Waals surface area contributed by atoms with Crippen molar-refractivity contribution in [3.8, 4) is 5.75 Å². The monoisotopic (exact) mass is 551 g/mol. The summed E-state index contributed by atoms with van der Waals surface area (Å²) in [6, 6.07) is 11.7. The summed E-state index contributed by atoms with van der Waals surface area (Å²) in [6.45, 7) is 6.55. The number of sulfone groups is 1. The lowest BCUT2D eigenvalue weighted by Crippen LogP contribution is -2.33. The van der Waals surface area contributed by atoms with Crippen LogP contribution < -0.4 is 15.4 Å². The van der Waals surface area contributed by atoms with E-state index in [2.05, 4.69) is 27.1 Å². The smallest absolute Gasteiger partial charge is 0.195 e. The van der Waals surface area contributed by atoms with E-state index in [0.717, 1.165) is 17.9 Å². The number of aliphatic imine (C=N–C) groups is 1. The zero-order valence-electron chi connectivity index (χ0n) is 17.1. The topological polar surface area (TPSA) is 79.8 Å². The fraction of sp³-hybridized carbons (Fsp3) is 0.450. The summed E-state index contributed by atoms with van der Waals surface area (Å²) in [6.07, 6.45) is 1.00. The Kier molecular flexibility index (Phi) is 11.6. The number of hydrogen-bond acceptors (Lipinski definition) is 5. The summed E-state index contributed by atoms with van der Waals surface area (Å²) in [5.41, 5.74) is 0.858. The van der Waals surface area contributed by atoms with Gasteiger partial charge in [0, 0.05) is 22.9 Å². The molecule has 0 spiro atoms. The fourth-order valence-electron chi connectivity index (χ4n) is 2.37. The molecule has 0 fully saturated rings. The minimum atomic E-state index is -3.04. The molecule has 1 heterocycles. The number of halogens is 1. The predicted molar refractivity (Wildman–Crippen MR) is 134 cm³/mol. The highest BCUT2D eigenvalue weighted by Crippen LogP contribution is 2.17. The van der Waals surface area contributed by atoms with Crippen LogP contribution in [0.1, 0.15) is 25.6 Å². The average Bonchev–Trinajstić information content (AvgIpc) is 3.16. The molecule has 0 aliphatic heterocycles. The molecule has 0 amide bonds. The normalized spacial score (nSPS) is 11.8. The number of benzene rings is 1. The third kappa shape index (κ3) is 10.3. The molecule has 0 aliphatic carbocycles. The molecule has 6 nitrogen and oxygen atoms in total. The fourth-order valence-corrected chi connectivity index (χ4v) is 3.73. The van der Waals surface area contributed by atoms with E-state index in [0.29, 0.717) is 12.5 Å². The summed E-state index contributed by atoms with van der Waals surface area (Å²) < 4.78 is 29.1. The molecule has 0 aliphatic rings. The molecule has 2 rings (SSSR count). The highest BCUT2D eigenvalue weighted by Gasteiger charge is 2.07. The SMILES string of the molecule is CCS(=O)(=O)CCN=C(NCCc1cccs1)Nc1ccc(OC(C)C)cc1.I. The first kappa shape index (κ1) is 25.7. The Morgan fingerprint density at radius 3 is 2.52 bits per heavy atom. The Bertz CT molecular complexity index is 836. The van der Waals surface area contributed by atoms with E-state index in [1.165, 1.54) is 4.88 Å². The summed E-state index contributed by atoms with van der Waals surface area (Å²) >= 11 is 1.72. The van der Waals surface area contributed by atoms with Crippen molar-refractivity contribution in [1.29, 1.82) is 0 Å². The predicted octanol–water partition coefficient (Wildman–Crippen LogP) is 4.19. The number of hydrogen-bond donors (Lipinski definition) is 2. The van der Waals surface area contributed by atoms with Crippen molar-refractivity contribution in [3.05, 3.63) is 46.7 Å². The van der Waals surface area contributed by atoms with Gasteiger partial charge in [0.05, 0.1) is 18.4 Å². The van der Waals surface area contributed by atoms with Gasteiger partial charge in [-0.05, 0) is 56.0 Å². The molecule has 29 heavy (non-hydrogen) atoms. The summed E-state index contributed by atoms with van der Waals surface area (Å²) in [5, 5.41) is 8.57. The molecule has 0 bridgehead atoms. The zero-order valence-corrected chi connectivity index (χ0v) is 21.0. The molecule has 9 heteroatoms. The molecular formula is C20H30IN3O3S2. The van der Waals surface area contributed by atoms with Crippen molar-refractivity contribution in [2.75, 3.05) is 29.9 Å². The number of ether oxygens (including phenoxy) is 1. The van der Waals surface area contributed by atoms with Crippen molar-refractivity contribution < 1.29 is 13.2 Å². The summed E-state index contributed by atoms with van der Waals surface area (Å²) in [5.74, 6) is 1.55. The third-order valence-corrected chi connectivity index (χ3v) is 6.47. The first-order valence-corrected chi connectivity index (χ1v) is 12.1. The van der Waals surface area contributed by atoms with Crippen molar-refractivity contribution in [2.45, 2.75) is 33.3 Å². The van der Waals surface area contributed by atoms with Crippen LogP contribution in [-0.4, -0.2) is 45.1 Å². The van der Waals surface area contributed by atoms with Crippen LogP contribution in [-0.2, 0) is 16.3 Å². The van der Waals surface area contributed by atoms with E-state index in [4.69, 9.17) is 4.74 Å². The number of nitrogens with one attached hydrogen (secondary N) is 2. The van der Waals surface area contributed by atoms with Gasteiger partial charge in [0.1, 0.15) is 5.75 Å². The number of rotatable bonds is 10. The number of nitrogens with zero attached hydrogens (tertiary/aromatic N) is 1. The lowest BCUT2D eigenvalue weighted by molar-refractivity contribution is 0.242. The highest BCUT2D eigenvalue weighted by molar-refractivity contribution is 14.0. The summed E-state index contributed by atoms with van der Waals surface area (Å²) in [7, 11) is -3.04. The van der Waals surface area contributed by atoms with Gasteiger partial charge in [0.25, 0.3) is 0 Å². The van der Waals surface area contributed by atoms with Crippen LogP contribution in [0.3, 0.4) is 0 Å². The Balaban J connectivity index is 0.00000420. The van der Waals surface area contributed by atoms with Gasteiger partial charge in [-0.2, -0.15) is 0 Å². The van der Waals surface area contributed by atoms with Gasteiger partial charge in [-0.25, -0.2) is 8.42 Å². The molecule has 0 atom stereocenters. The van der Waals surface area contributed by atoms with Gasteiger partial charge in [-0.3, -0.25) is 4.99 Å². The maximum atomic E-state index is 11.7. The largest absolute Gasteiger partial charge is 0.491 e. The molecule has 162 valence electrons. The first-order valence-electron chi connectivity index (χ1n) is 9.43. The summed E-state index contributed by atoms with van der Waals surface area (Å²) in [4.78, 5) is 5.72. The van der Waals surface area contributed by atoms with Gasteiger partial charge in [0.15, 0.2) is 15.8 Å². The second kappa shape index (κ2) is 13.1. The van der Waals surface area contributed by atoms with E-state index in [1.54, 1.807) is 18.3 Å². The minimum Gasteiger partial charge on any atom is -0.491 e. The maximum Gasteiger partial charge on any atom is 0.195 e. The molecule has 0 saturated heterocycles. The molecule has 2 N–H and O–H groups in total. The lowest BCUT2D eigenvalue weighted by Gasteiger charge is -2.14. The van der Waals surface area contributed by atoms with Gasteiger partial charge in [-0.15, -0.1) is 35.3 Å². The van der Waals surface area contributed by atoms with Gasteiger partial charge in [0.2, 0.25) is 0 Å². The molecule has 0 radical (unpaired) electrons. The van der Waals surface area contributed by atoms with Crippen LogP contribution >= 0.6 is 35.3 Å². The Hall–Kier alpha value is -1.33. The Labute approximate surface area is 195 Å². The van der Waals surface area contributed by atoms with E-state index >= 15 is 0 Å². The van der Waals surface area contributed by atoms with Crippen molar-refractivity contribution in [2.24, 2.45) is 4.99 Å². The second-order valence-corrected chi connectivity index (χ2v) is 10.0. The molecular weight excluding hydrogens is 521 g/mol. The minimum absolute atomic E-state index is 0. The van der Waals surface area contributed by atoms with Crippen LogP contribution in [0.15, 0.2) is 46.8 Å². The molecule has 0 saturated carbocycles. The van der Waals surface area contributed by atoms with E-state index in [1.807, 2.05) is 44.2 Å². The van der Waals surface area contributed by atoms with E-state index in [-0.39, 0.29) is 48.1 Å². The Morgan fingerprint density at radius 2 is 1.93 bits per heavy atom. The number of thiophene rings is 1. The van der Waals surface area contributed by atoms with Crippen LogP contribution in [0.2, 0.25) is 0 Å². The quantitative estimate of drug-likeness (QED) is 0.263. The van der Waals surface area contributed by atoms with Gasteiger partial charge in [-0.1, -0.05) is 13.0 Å². The molecule has 1 aromatic heterocycles. The number of guanidine groups is 1. The van der Waals surface area contributed by atoms with Crippen LogP contribution in [0.4, 0.5) is 5.69 Å². The Morgan fingerprint density at radius 1 is 1.21 bits per heavy atom. The lowest BCUT2D eigenvalue weighted by atomic mass is 10.3. The van der Waals surface area contributed by atoms with Crippen molar-refractivity contribution in [3.63, 3.8) is 0 Å². The maximum absolute atomic E-state index is 11.7.